The van der Waals surface area contributed by atoms with Crippen molar-refractivity contribution >= 4 is 6.09 Å². The number of amides is 1. The van der Waals surface area contributed by atoms with E-state index in [0.29, 0.717) is 13.0 Å². The van der Waals surface area contributed by atoms with Gasteiger partial charge in [0.05, 0.1) is 5.60 Å². The highest BCUT2D eigenvalue weighted by Crippen LogP contribution is 2.38. The number of carbonyl (C=O) groups is 1. The van der Waals surface area contributed by atoms with Crippen molar-refractivity contribution in [2.24, 2.45) is 5.92 Å². The van der Waals surface area contributed by atoms with Crippen LogP contribution < -0.4 is 10.6 Å². The van der Waals surface area contributed by atoms with Crippen LogP contribution >= 0.6 is 0 Å². The van der Waals surface area contributed by atoms with E-state index in [-0.39, 0.29) is 24.4 Å². The molecule has 1 aliphatic rings. The van der Waals surface area contributed by atoms with Crippen LogP contribution in [0.3, 0.4) is 0 Å². The Morgan fingerprint density at radius 1 is 1.35 bits per heavy atom. The van der Waals surface area contributed by atoms with E-state index in [1.165, 1.54) is 0 Å². The minimum atomic E-state index is -1.39. The van der Waals surface area contributed by atoms with Gasteiger partial charge in [0.25, 0.3) is 0 Å². The maximum absolute atomic E-state index is 13.6. The molecule has 0 aromatic heterocycles. The minimum Gasteiger partial charge on any atom is -0.465 e. The first-order chi connectivity index (χ1) is 10.9. The fourth-order valence-corrected chi connectivity index (χ4v) is 3.20. The minimum absolute atomic E-state index is 0.176. The molecule has 128 valence electrons. The number of halogens is 2. The monoisotopic (exact) mass is 328 g/mol. The molecule has 0 aliphatic carbocycles. The third kappa shape index (κ3) is 4.62. The lowest BCUT2D eigenvalue weighted by Gasteiger charge is -2.39. The SMILES string of the molecule is O=C(O)NCCC[C@@](O)(c1cc(F)cc(F)c1)[C@@H]1CCCNC1. The number of aliphatic hydroxyl groups is 1. The topological polar surface area (TPSA) is 81.6 Å². The maximum Gasteiger partial charge on any atom is 0.404 e. The molecule has 0 unspecified atom stereocenters. The van der Waals surface area contributed by atoms with E-state index in [0.717, 1.165) is 37.6 Å². The Morgan fingerprint density at radius 3 is 2.61 bits per heavy atom. The second kappa shape index (κ2) is 7.70. The quantitative estimate of drug-likeness (QED) is 0.604. The normalized spacial score (nSPS) is 20.7. The lowest BCUT2D eigenvalue weighted by Crippen LogP contribution is -2.44. The van der Waals surface area contributed by atoms with E-state index >= 15 is 0 Å². The summed E-state index contributed by atoms with van der Waals surface area (Å²) in [6.07, 6.45) is 1.08. The summed E-state index contributed by atoms with van der Waals surface area (Å²) in [6.45, 7) is 1.58. The first-order valence-electron chi connectivity index (χ1n) is 7.78. The van der Waals surface area contributed by atoms with Crippen molar-refractivity contribution in [2.45, 2.75) is 31.3 Å². The van der Waals surface area contributed by atoms with Crippen LogP contribution in [0.25, 0.3) is 0 Å². The van der Waals surface area contributed by atoms with Crippen molar-refractivity contribution in [2.75, 3.05) is 19.6 Å². The molecular weight excluding hydrogens is 306 g/mol. The van der Waals surface area contributed by atoms with Crippen LogP contribution in [0.2, 0.25) is 0 Å². The highest BCUT2D eigenvalue weighted by atomic mass is 19.1. The molecule has 2 rings (SSSR count). The van der Waals surface area contributed by atoms with Crippen LogP contribution in [-0.4, -0.2) is 35.9 Å². The number of piperidine rings is 1. The van der Waals surface area contributed by atoms with Gasteiger partial charge in [-0.1, -0.05) is 0 Å². The molecule has 23 heavy (non-hydrogen) atoms. The van der Waals surface area contributed by atoms with Gasteiger partial charge < -0.3 is 20.8 Å². The molecule has 1 heterocycles. The van der Waals surface area contributed by atoms with Crippen molar-refractivity contribution < 1.29 is 23.8 Å². The first kappa shape index (κ1) is 17.6. The van der Waals surface area contributed by atoms with E-state index in [1.807, 2.05) is 0 Å². The summed E-state index contributed by atoms with van der Waals surface area (Å²) in [5.74, 6) is -1.64. The van der Waals surface area contributed by atoms with Gasteiger partial charge >= 0.3 is 6.09 Å². The van der Waals surface area contributed by atoms with Gasteiger partial charge in [-0.15, -0.1) is 0 Å². The molecule has 7 heteroatoms. The molecule has 2 atom stereocenters. The second-order valence-electron chi connectivity index (χ2n) is 5.96. The highest BCUT2D eigenvalue weighted by Gasteiger charge is 2.39. The third-order valence-corrected chi connectivity index (χ3v) is 4.35. The Kier molecular flexibility index (Phi) is 5.90. The van der Waals surface area contributed by atoms with Crippen LogP contribution in [0.1, 0.15) is 31.2 Å². The summed E-state index contributed by atoms with van der Waals surface area (Å²) in [4.78, 5) is 10.5. The molecule has 1 aromatic rings. The smallest absolute Gasteiger partial charge is 0.404 e. The highest BCUT2D eigenvalue weighted by molar-refractivity contribution is 5.64. The number of carboxylic acid groups (broad SMARTS) is 1. The van der Waals surface area contributed by atoms with Crippen LogP contribution in [0.4, 0.5) is 13.6 Å². The summed E-state index contributed by atoms with van der Waals surface area (Å²) in [5.41, 5.74) is -1.18. The van der Waals surface area contributed by atoms with Gasteiger partial charge in [0.15, 0.2) is 0 Å². The summed E-state index contributed by atoms with van der Waals surface area (Å²) in [7, 11) is 0. The first-order valence-corrected chi connectivity index (χ1v) is 7.78. The summed E-state index contributed by atoms with van der Waals surface area (Å²) < 4.78 is 27.1. The molecular formula is C16H22F2N2O3. The number of nitrogens with one attached hydrogen (secondary N) is 2. The van der Waals surface area contributed by atoms with Crippen LogP contribution in [0.5, 0.6) is 0 Å². The predicted molar refractivity (Wildman–Crippen MR) is 81.1 cm³/mol. The molecule has 0 radical (unpaired) electrons. The van der Waals surface area contributed by atoms with Crippen molar-refractivity contribution in [1.82, 2.24) is 10.6 Å². The summed E-state index contributed by atoms with van der Waals surface area (Å²) in [6, 6.07) is 3.08. The summed E-state index contributed by atoms with van der Waals surface area (Å²) in [5, 5.41) is 25.2. The van der Waals surface area contributed by atoms with E-state index in [2.05, 4.69) is 10.6 Å². The van der Waals surface area contributed by atoms with Gasteiger partial charge in [-0.3, -0.25) is 0 Å². The lowest BCUT2D eigenvalue weighted by molar-refractivity contribution is -0.0425. The van der Waals surface area contributed by atoms with Crippen molar-refractivity contribution in [3.05, 3.63) is 35.4 Å². The van der Waals surface area contributed by atoms with Crippen LogP contribution in [-0.2, 0) is 5.60 Å². The van der Waals surface area contributed by atoms with Gasteiger partial charge in [-0.25, -0.2) is 13.6 Å². The van der Waals surface area contributed by atoms with Gasteiger partial charge in [-0.05, 0) is 49.9 Å². The lowest BCUT2D eigenvalue weighted by atomic mass is 9.74. The average Bonchev–Trinajstić information content (AvgIpc) is 2.51. The number of hydrogen-bond acceptors (Lipinski definition) is 3. The molecule has 1 aliphatic heterocycles. The van der Waals surface area contributed by atoms with Crippen molar-refractivity contribution in [3.63, 3.8) is 0 Å². The molecule has 1 fully saturated rings. The molecule has 1 saturated heterocycles. The Labute approximate surface area is 133 Å². The number of hydrogen-bond donors (Lipinski definition) is 4. The van der Waals surface area contributed by atoms with Crippen molar-refractivity contribution in [3.8, 4) is 0 Å². The van der Waals surface area contributed by atoms with Gasteiger partial charge in [0.2, 0.25) is 0 Å². The zero-order chi connectivity index (χ0) is 16.9. The van der Waals surface area contributed by atoms with Crippen LogP contribution in [0.15, 0.2) is 18.2 Å². The molecule has 0 saturated carbocycles. The van der Waals surface area contributed by atoms with Gasteiger partial charge in [0.1, 0.15) is 11.6 Å². The maximum atomic E-state index is 13.6. The molecule has 0 bridgehead atoms. The molecule has 0 spiro atoms. The Bertz CT molecular complexity index is 530. The summed E-state index contributed by atoms with van der Waals surface area (Å²) >= 11 is 0. The van der Waals surface area contributed by atoms with Crippen molar-refractivity contribution in [1.29, 1.82) is 0 Å². The number of rotatable bonds is 6. The van der Waals surface area contributed by atoms with E-state index < -0.39 is 23.3 Å². The Morgan fingerprint density at radius 2 is 2.04 bits per heavy atom. The second-order valence-corrected chi connectivity index (χ2v) is 5.96. The molecule has 5 nitrogen and oxygen atoms in total. The Hall–Kier alpha value is -1.73. The fraction of sp³-hybridized carbons (Fsp3) is 0.562. The number of benzene rings is 1. The predicted octanol–water partition coefficient (Wildman–Crippen LogP) is 2.20. The third-order valence-electron chi connectivity index (χ3n) is 4.35. The van der Waals surface area contributed by atoms with Gasteiger partial charge in [-0.2, -0.15) is 0 Å². The van der Waals surface area contributed by atoms with Crippen LogP contribution in [0, 0.1) is 17.6 Å². The molecule has 1 amide bonds. The van der Waals surface area contributed by atoms with E-state index in [1.54, 1.807) is 0 Å². The van der Waals surface area contributed by atoms with E-state index in [4.69, 9.17) is 5.11 Å². The standard InChI is InChI=1S/C16H22F2N2O3/c17-13-7-12(8-14(18)9-13)16(23,4-2-6-20-15(21)22)11-3-1-5-19-10-11/h7-9,11,19-20,23H,1-6,10H2,(H,21,22)/t11-,16+/m1/s1. The fourth-order valence-electron chi connectivity index (χ4n) is 3.20. The zero-order valence-electron chi connectivity index (χ0n) is 12.8. The average molecular weight is 328 g/mol. The van der Waals surface area contributed by atoms with E-state index in [9.17, 15) is 18.7 Å². The van der Waals surface area contributed by atoms with Gasteiger partial charge in [0, 0.05) is 25.1 Å². The zero-order valence-corrected chi connectivity index (χ0v) is 12.8. The molecule has 1 aromatic carbocycles. The Balaban J connectivity index is 2.20. The largest absolute Gasteiger partial charge is 0.465 e. The molecule has 4 N–H and O–H groups in total.